The van der Waals surface area contributed by atoms with Gasteiger partial charge in [-0.2, -0.15) is 4.98 Å². The molecule has 1 aliphatic carbocycles. The minimum Gasteiger partial charge on any atom is -0.362 e. The zero-order valence-corrected chi connectivity index (χ0v) is 14.3. The van der Waals surface area contributed by atoms with Crippen LogP contribution in [-0.2, 0) is 0 Å². The maximum atomic E-state index is 4.74. The molecule has 23 heavy (non-hydrogen) atoms. The molecule has 2 aromatic rings. The second kappa shape index (κ2) is 7.13. The molecule has 1 fully saturated rings. The van der Waals surface area contributed by atoms with Crippen LogP contribution in [0.2, 0.25) is 0 Å². The van der Waals surface area contributed by atoms with Crippen molar-refractivity contribution in [3.8, 4) is 0 Å². The maximum absolute atomic E-state index is 4.74. The lowest BCUT2D eigenvalue weighted by atomic mass is 9.91. The fourth-order valence-corrected chi connectivity index (χ4v) is 3.38. The molecule has 1 aromatic carbocycles. The molecule has 0 radical (unpaired) electrons. The van der Waals surface area contributed by atoms with Crippen LogP contribution in [-0.4, -0.2) is 42.7 Å². The van der Waals surface area contributed by atoms with Crippen LogP contribution in [0.15, 0.2) is 24.3 Å². The maximum Gasteiger partial charge on any atom is 0.225 e. The van der Waals surface area contributed by atoms with Gasteiger partial charge in [-0.1, -0.05) is 19.1 Å². The Kier molecular flexibility index (Phi) is 4.96. The van der Waals surface area contributed by atoms with E-state index in [1.54, 1.807) is 0 Å². The minimum atomic E-state index is 0.473. The summed E-state index contributed by atoms with van der Waals surface area (Å²) in [5.41, 5.74) is 0.995. The molecular formula is C18H27N5. The van der Waals surface area contributed by atoms with Gasteiger partial charge in [0.1, 0.15) is 5.82 Å². The van der Waals surface area contributed by atoms with Gasteiger partial charge in [0.25, 0.3) is 0 Å². The monoisotopic (exact) mass is 313 g/mol. The third-order valence-electron chi connectivity index (χ3n) is 4.56. The van der Waals surface area contributed by atoms with Gasteiger partial charge in [0.2, 0.25) is 5.95 Å². The van der Waals surface area contributed by atoms with Crippen LogP contribution < -0.4 is 15.5 Å². The van der Waals surface area contributed by atoms with Gasteiger partial charge in [0.05, 0.1) is 5.52 Å². The van der Waals surface area contributed by atoms with Crippen LogP contribution >= 0.6 is 0 Å². The molecule has 1 heterocycles. The average molecular weight is 313 g/mol. The van der Waals surface area contributed by atoms with E-state index >= 15 is 0 Å². The Balaban J connectivity index is 1.76. The van der Waals surface area contributed by atoms with Gasteiger partial charge in [-0.25, -0.2) is 4.98 Å². The van der Waals surface area contributed by atoms with Crippen molar-refractivity contribution >= 4 is 22.7 Å². The first-order valence-corrected chi connectivity index (χ1v) is 8.61. The van der Waals surface area contributed by atoms with E-state index in [9.17, 15) is 0 Å². The Morgan fingerprint density at radius 1 is 1.04 bits per heavy atom. The first-order valence-electron chi connectivity index (χ1n) is 8.61. The van der Waals surface area contributed by atoms with Gasteiger partial charge in [0.15, 0.2) is 0 Å². The third-order valence-corrected chi connectivity index (χ3v) is 4.56. The lowest BCUT2D eigenvalue weighted by molar-refractivity contribution is 0.359. The van der Waals surface area contributed by atoms with E-state index < -0.39 is 0 Å². The topological polar surface area (TPSA) is 53.1 Å². The molecule has 0 unspecified atom stereocenters. The number of fused-ring (bicyclic) bond motifs is 1. The second-order valence-electron chi connectivity index (χ2n) is 6.53. The first-order chi connectivity index (χ1) is 11.2. The molecular weight excluding hydrogens is 286 g/mol. The highest BCUT2D eigenvalue weighted by molar-refractivity contribution is 5.90. The van der Waals surface area contributed by atoms with Gasteiger partial charge in [-0.05, 0) is 44.4 Å². The third kappa shape index (κ3) is 3.72. The highest BCUT2D eigenvalue weighted by Gasteiger charge is 2.21. The quantitative estimate of drug-likeness (QED) is 0.888. The van der Waals surface area contributed by atoms with E-state index in [4.69, 9.17) is 9.97 Å². The van der Waals surface area contributed by atoms with Crippen molar-refractivity contribution in [2.45, 2.75) is 44.7 Å². The van der Waals surface area contributed by atoms with Gasteiger partial charge in [0, 0.05) is 31.6 Å². The smallest absolute Gasteiger partial charge is 0.225 e. The van der Waals surface area contributed by atoms with E-state index in [2.05, 4.69) is 34.6 Å². The van der Waals surface area contributed by atoms with Crippen molar-refractivity contribution in [3.05, 3.63) is 24.3 Å². The van der Waals surface area contributed by atoms with Crippen molar-refractivity contribution in [1.82, 2.24) is 15.3 Å². The standard InChI is InChI=1S/C18H27N5/c1-4-19-13-9-11-14(12-10-13)20-18-21-16-8-6-5-7-15(16)17(22-18)23(2)3/h5-8,13-14,19H,4,9-12H2,1-3H3,(H,20,21,22). The molecule has 2 N–H and O–H groups in total. The van der Waals surface area contributed by atoms with E-state index in [-0.39, 0.29) is 0 Å². The predicted octanol–water partition coefficient (Wildman–Crippen LogP) is 3.03. The van der Waals surface area contributed by atoms with Crippen LogP contribution in [0.1, 0.15) is 32.6 Å². The summed E-state index contributed by atoms with van der Waals surface area (Å²) in [4.78, 5) is 11.5. The fraction of sp³-hybridized carbons (Fsp3) is 0.556. The number of hydrogen-bond acceptors (Lipinski definition) is 5. The summed E-state index contributed by atoms with van der Waals surface area (Å²) in [6.07, 6.45) is 4.79. The number of benzene rings is 1. The lowest BCUT2D eigenvalue weighted by Gasteiger charge is -2.29. The summed E-state index contributed by atoms with van der Waals surface area (Å²) in [6, 6.07) is 9.34. The van der Waals surface area contributed by atoms with Crippen molar-refractivity contribution in [3.63, 3.8) is 0 Å². The number of hydrogen-bond donors (Lipinski definition) is 2. The fourth-order valence-electron chi connectivity index (χ4n) is 3.38. The molecule has 0 spiro atoms. The molecule has 5 heteroatoms. The molecule has 0 amide bonds. The van der Waals surface area contributed by atoms with Crippen LogP contribution in [0, 0.1) is 0 Å². The minimum absolute atomic E-state index is 0.473. The van der Waals surface area contributed by atoms with Gasteiger partial charge < -0.3 is 15.5 Å². The highest BCUT2D eigenvalue weighted by atomic mass is 15.2. The van der Waals surface area contributed by atoms with Crippen molar-refractivity contribution in [2.24, 2.45) is 0 Å². The molecule has 1 aliphatic rings. The molecule has 0 atom stereocenters. The van der Waals surface area contributed by atoms with E-state index in [1.807, 2.05) is 26.2 Å². The van der Waals surface area contributed by atoms with E-state index in [0.717, 1.165) is 29.2 Å². The van der Waals surface area contributed by atoms with E-state index in [1.165, 1.54) is 25.7 Å². The first kappa shape index (κ1) is 16.0. The normalized spacial score (nSPS) is 21.3. The Bertz CT molecular complexity index is 647. The Morgan fingerprint density at radius 2 is 1.74 bits per heavy atom. The predicted molar refractivity (Wildman–Crippen MR) is 97.2 cm³/mol. The highest BCUT2D eigenvalue weighted by Crippen LogP contribution is 2.26. The second-order valence-corrected chi connectivity index (χ2v) is 6.53. The zero-order chi connectivity index (χ0) is 16.2. The average Bonchev–Trinajstić information content (AvgIpc) is 2.56. The molecule has 0 bridgehead atoms. The van der Waals surface area contributed by atoms with Crippen LogP contribution in [0.3, 0.4) is 0 Å². The number of para-hydroxylation sites is 1. The molecule has 3 rings (SSSR count). The summed E-state index contributed by atoms with van der Waals surface area (Å²) in [5.74, 6) is 1.72. The largest absolute Gasteiger partial charge is 0.362 e. The van der Waals surface area contributed by atoms with Crippen molar-refractivity contribution < 1.29 is 0 Å². The SMILES string of the molecule is CCNC1CCC(Nc2nc(N(C)C)c3ccccc3n2)CC1. The number of rotatable bonds is 5. The Morgan fingerprint density at radius 3 is 2.43 bits per heavy atom. The number of nitrogens with one attached hydrogen (secondary N) is 2. The molecule has 1 saturated carbocycles. The van der Waals surface area contributed by atoms with Gasteiger partial charge in [-0.3, -0.25) is 0 Å². The Labute approximate surface area is 138 Å². The number of anilines is 2. The number of aromatic nitrogens is 2. The van der Waals surface area contributed by atoms with Gasteiger partial charge in [-0.15, -0.1) is 0 Å². The van der Waals surface area contributed by atoms with Crippen molar-refractivity contribution in [1.29, 1.82) is 0 Å². The summed E-state index contributed by atoms with van der Waals surface area (Å²) in [7, 11) is 4.06. The van der Waals surface area contributed by atoms with Crippen LogP contribution in [0.4, 0.5) is 11.8 Å². The summed E-state index contributed by atoms with van der Waals surface area (Å²) in [6.45, 7) is 3.23. The number of nitrogens with zero attached hydrogens (tertiary/aromatic N) is 3. The van der Waals surface area contributed by atoms with Crippen LogP contribution in [0.5, 0.6) is 0 Å². The van der Waals surface area contributed by atoms with Gasteiger partial charge >= 0.3 is 0 Å². The Hall–Kier alpha value is -1.88. The lowest BCUT2D eigenvalue weighted by Crippen LogP contribution is -2.37. The molecule has 5 nitrogen and oxygen atoms in total. The zero-order valence-electron chi connectivity index (χ0n) is 14.3. The molecule has 0 saturated heterocycles. The molecule has 1 aromatic heterocycles. The summed E-state index contributed by atoms with van der Waals surface area (Å²) in [5, 5.41) is 8.20. The summed E-state index contributed by atoms with van der Waals surface area (Å²) < 4.78 is 0. The molecule has 0 aliphatic heterocycles. The van der Waals surface area contributed by atoms with Crippen LogP contribution in [0.25, 0.3) is 10.9 Å². The van der Waals surface area contributed by atoms with Crippen molar-refractivity contribution in [2.75, 3.05) is 30.9 Å². The molecule has 124 valence electrons. The van der Waals surface area contributed by atoms with E-state index in [0.29, 0.717) is 12.1 Å². The summed E-state index contributed by atoms with van der Waals surface area (Å²) >= 11 is 0.